The van der Waals surface area contributed by atoms with E-state index in [0.29, 0.717) is 6.04 Å². The zero-order valence-electron chi connectivity index (χ0n) is 14.2. The van der Waals surface area contributed by atoms with Crippen LogP contribution in [0.5, 0.6) is 0 Å². The van der Waals surface area contributed by atoms with Crippen LogP contribution < -0.4 is 0 Å². The predicted molar refractivity (Wildman–Crippen MR) is 92.8 cm³/mol. The number of quaternary nitrogens is 1. The van der Waals surface area contributed by atoms with E-state index in [9.17, 15) is 0 Å². The van der Waals surface area contributed by atoms with Crippen molar-refractivity contribution < 1.29 is 9.22 Å². The molecule has 22 heavy (non-hydrogen) atoms. The minimum Gasteiger partial charge on any atom is -0.363 e. The molecular weight excluding hydrogens is 270 g/mol. The average molecular weight is 298 g/mol. The molecule has 0 heterocycles. The molecule has 2 heteroatoms. The van der Waals surface area contributed by atoms with Gasteiger partial charge in [-0.2, -0.15) is 0 Å². The van der Waals surface area contributed by atoms with Gasteiger partial charge in [0, 0.05) is 0 Å². The highest BCUT2D eigenvalue weighted by molar-refractivity contribution is 5.29. The zero-order valence-corrected chi connectivity index (χ0v) is 14.2. The first-order valence-electron chi connectivity index (χ1n) is 8.05. The van der Waals surface area contributed by atoms with Crippen molar-refractivity contribution in [3.63, 3.8) is 0 Å². The minimum atomic E-state index is 0.00885. The quantitative estimate of drug-likeness (QED) is 0.693. The highest BCUT2D eigenvalue weighted by Crippen LogP contribution is 2.25. The maximum Gasteiger partial charge on any atom is 0.108 e. The Bertz CT molecular complexity index is 509. The first-order chi connectivity index (χ1) is 10.5. The fraction of sp³-hybridized carbons (Fsp3) is 0.400. The summed E-state index contributed by atoms with van der Waals surface area (Å²) in [4.78, 5) is 0. The summed E-state index contributed by atoms with van der Waals surface area (Å²) >= 11 is 0. The summed E-state index contributed by atoms with van der Waals surface area (Å²) in [6.45, 7) is 6.27. The van der Waals surface area contributed by atoms with Crippen LogP contribution in [0, 0.1) is 0 Å². The SMILES string of the molecule is CC(C)[N+](C)(C)CCOC(c1ccccc1)c1ccccc1. The fourth-order valence-corrected chi connectivity index (χ4v) is 2.30. The molecule has 0 unspecified atom stereocenters. The van der Waals surface area contributed by atoms with E-state index in [2.05, 4.69) is 76.5 Å². The van der Waals surface area contributed by atoms with Crippen molar-refractivity contribution in [2.24, 2.45) is 0 Å². The molecule has 0 aliphatic rings. The lowest BCUT2D eigenvalue weighted by atomic mass is 10.0. The van der Waals surface area contributed by atoms with E-state index in [4.69, 9.17) is 4.74 Å². The molecule has 0 aliphatic heterocycles. The van der Waals surface area contributed by atoms with Gasteiger partial charge in [-0.3, -0.25) is 0 Å². The predicted octanol–water partition coefficient (Wildman–Crippen LogP) is 4.28. The lowest BCUT2D eigenvalue weighted by Crippen LogP contribution is -2.47. The Kier molecular flexibility index (Phi) is 5.76. The monoisotopic (exact) mass is 298 g/mol. The molecule has 0 N–H and O–H groups in total. The van der Waals surface area contributed by atoms with E-state index in [1.165, 1.54) is 11.1 Å². The fourth-order valence-electron chi connectivity index (χ4n) is 2.30. The summed E-state index contributed by atoms with van der Waals surface area (Å²) in [5, 5.41) is 0. The first kappa shape index (κ1) is 16.7. The molecule has 0 aliphatic carbocycles. The largest absolute Gasteiger partial charge is 0.363 e. The van der Waals surface area contributed by atoms with E-state index in [1.807, 2.05) is 12.1 Å². The molecule has 2 rings (SSSR count). The molecule has 0 saturated heterocycles. The van der Waals surface area contributed by atoms with Gasteiger partial charge in [-0.1, -0.05) is 60.7 Å². The Labute approximate surface area is 134 Å². The molecule has 0 fully saturated rings. The van der Waals surface area contributed by atoms with Gasteiger partial charge in [0.05, 0.1) is 26.7 Å². The Morgan fingerprint density at radius 1 is 0.818 bits per heavy atom. The van der Waals surface area contributed by atoms with Crippen LogP contribution in [0.25, 0.3) is 0 Å². The van der Waals surface area contributed by atoms with E-state index in [0.717, 1.165) is 17.6 Å². The lowest BCUT2D eigenvalue weighted by molar-refractivity contribution is -0.911. The third-order valence-corrected chi connectivity index (χ3v) is 4.55. The summed E-state index contributed by atoms with van der Waals surface area (Å²) in [5.74, 6) is 0. The van der Waals surface area contributed by atoms with Gasteiger partial charge in [0.1, 0.15) is 12.6 Å². The van der Waals surface area contributed by atoms with Crippen molar-refractivity contribution in [3.05, 3.63) is 71.8 Å². The molecular formula is C20H28NO+. The summed E-state index contributed by atoms with van der Waals surface area (Å²) in [6, 6.07) is 21.5. The number of benzene rings is 2. The van der Waals surface area contributed by atoms with Gasteiger partial charge in [0.2, 0.25) is 0 Å². The summed E-state index contributed by atoms with van der Waals surface area (Å²) in [5.41, 5.74) is 2.42. The maximum absolute atomic E-state index is 6.28. The number of rotatable bonds is 7. The first-order valence-corrected chi connectivity index (χ1v) is 8.05. The number of likely N-dealkylation sites (N-methyl/N-ethyl adjacent to an activating group) is 1. The molecule has 0 aromatic heterocycles. The smallest absolute Gasteiger partial charge is 0.108 e. The lowest BCUT2D eigenvalue weighted by Gasteiger charge is -2.34. The highest BCUT2D eigenvalue weighted by Gasteiger charge is 2.21. The average Bonchev–Trinajstić information content (AvgIpc) is 2.53. The third kappa shape index (κ3) is 4.43. The van der Waals surface area contributed by atoms with Gasteiger partial charge in [-0.15, -0.1) is 0 Å². The normalized spacial score (nSPS) is 12.1. The molecule has 0 spiro atoms. The number of hydrogen-bond acceptors (Lipinski definition) is 1. The van der Waals surface area contributed by atoms with Crippen molar-refractivity contribution in [1.29, 1.82) is 0 Å². The highest BCUT2D eigenvalue weighted by atomic mass is 16.5. The maximum atomic E-state index is 6.28. The molecule has 0 radical (unpaired) electrons. The minimum absolute atomic E-state index is 0.00885. The summed E-state index contributed by atoms with van der Waals surface area (Å²) in [6.07, 6.45) is 0.00885. The molecule has 0 amide bonds. The van der Waals surface area contributed by atoms with Gasteiger partial charge >= 0.3 is 0 Å². The van der Waals surface area contributed by atoms with Crippen molar-refractivity contribution in [2.75, 3.05) is 27.2 Å². The van der Waals surface area contributed by atoms with Crippen LogP contribution in [0.15, 0.2) is 60.7 Å². The second-order valence-corrected chi connectivity index (χ2v) is 6.67. The van der Waals surface area contributed by atoms with Gasteiger partial charge < -0.3 is 9.22 Å². The Morgan fingerprint density at radius 2 is 1.27 bits per heavy atom. The summed E-state index contributed by atoms with van der Waals surface area (Å²) < 4.78 is 7.25. The second kappa shape index (κ2) is 7.57. The molecule has 0 bridgehead atoms. The van der Waals surface area contributed by atoms with Crippen LogP contribution in [0.3, 0.4) is 0 Å². The Balaban J connectivity index is 2.10. The number of hydrogen-bond donors (Lipinski definition) is 0. The van der Waals surface area contributed by atoms with Gasteiger partial charge in [-0.25, -0.2) is 0 Å². The van der Waals surface area contributed by atoms with Crippen molar-refractivity contribution in [2.45, 2.75) is 26.0 Å². The summed E-state index contributed by atoms with van der Waals surface area (Å²) in [7, 11) is 4.52. The van der Waals surface area contributed by atoms with Crippen LogP contribution >= 0.6 is 0 Å². The van der Waals surface area contributed by atoms with E-state index >= 15 is 0 Å². The second-order valence-electron chi connectivity index (χ2n) is 6.67. The molecule has 0 saturated carbocycles. The van der Waals surface area contributed by atoms with Crippen LogP contribution in [-0.4, -0.2) is 37.8 Å². The van der Waals surface area contributed by atoms with Crippen molar-refractivity contribution >= 4 is 0 Å². The topological polar surface area (TPSA) is 9.23 Å². The van der Waals surface area contributed by atoms with E-state index < -0.39 is 0 Å². The van der Waals surface area contributed by atoms with Gasteiger partial charge in [0.25, 0.3) is 0 Å². The Hall–Kier alpha value is -1.64. The van der Waals surface area contributed by atoms with Crippen LogP contribution in [0.1, 0.15) is 31.1 Å². The Morgan fingerprint density at radius 3 is 1.68 bits per heavy atom. The molecule has 2 aromatic rings. The van der Waals surface area contributed by atoms with Crippen LogP contribution in [0.4, 0.5) is 0 Å². The zero-order chi connectivity index (χ0) is 16.0. The molecule has 2 nitrogen and oxygen atoms in total. The van der Waals surface area contributed by atoms with Gasteiger partial charge in [-0.05, 0) is 25.0 Å². The molecule has 0 atom stereocenters. The standard InChI is InChI=1S/C20H28NO/c1-17(2)21(3,4)15-16-22-20(18-11-7-5-8-12-18)19-13-9-6-10-14-19/h5-14,17,20H,15-16H2,1-4H3/q+1. The van der Waals surface area contributed by atoms with E-state index in [-0.39, 0.29) is 6.10 Å². The molecule has 2 aromatic carbocycles. The third-order valence-electron chi connectivity index (χ3n) is 4.55. The molecule has 118 valence electrons. The van der Waals surface area contributed by atoms with Gasteiger partial charge in [0.15, 0.2) is 0 Å². The van der Waals surface area contributed by atoms with Crippen LogP contribution in [-0.2, 0) is 4.74 Å². The van der Waals surface area contributed by atoms with E-state index in [1.54, 1.807) is 0 Å². The number of ether oxygens (including phenoxy) is 1. The van der Waals surface area contributed by atoms with Crippen LogP contribution in [0.2, 0.25) is 0 Å². The van der Waals surface area contributed by atoms with Crippen molar-refractivity contribution in [3.8, 4) is 0 Å². The number of nitrogens with zero attached hydrogens (tertiary/aromatic N) is 1. The van der Waals surface area contributed by atoms with Crippen molar-refractivity contribution in [1.82, 2.24) is 0 Å².